The van der Waals surface area contributed by atoms with Gasteiger partial charge in [-0.15, -0.1) is 0 Å². The number of rotatable bonds is 3. The molecule has 0 spiro atoms. The minimum Gasteiger partial charge on any atom is -0.258 e. The maximum atomic E-state index is 4.20. The van der Waals surface area contributed by atoms with Crippen LogP contribution in [-0.4, -0.2) is 5.71 Å². The van der Waals surface area contributed by atoms with Gasteiger partial charge in [-0.25, -0.2) is 0 Å². The fourth-order valence-corrected chi connectivity index (χ4v) is 0.825. The summed E-state index contributed by atoms with van der Waals surface area (Å²) in [5, 5.41) is 0. The number of hydrogen-bond donors (Lipinski definition) is 0. The van der Waals surface area contributed by atoms with Crippen LogP contribution in [0.1, 0.15) is 20.8 Å². The highest BCUT2D eigenvalue weighted by atomic mass is 14.7. The first-order valence-electron chi connectivity index (χ1n) is 3.61. The van der Waals surface area contributed by atoms with Gasteiger partial charge in [-0.05, 0) is 26.3 Å². The Bertz CT molecular complexity index is 219. The molecule has 0 aliphatic carbocycles. The third-order valence-electron chi connectivity index (χ3n) is 1.31. The van der Waals surface area contributed by atoms with E-state index in [4.69, 9.17) is 0 Å². The SMILES string of the molecule is C=C/C(=C/C)C(C)=NC(=C)C. The summed E-state index contributed by atoms with van der Waals surface area (Å²) in [4.78, 5) is 4.20. The van der Waals surface area contributed by atoms with Gasteiger partial charge < -0.3 is 0 Å². The van der Waals surface area contributed by atoms with Crippen molar-refractivity contribution in [2.75, 3.05) is 0 Å². The molecule has 60 valence electrons. The van der Waals surface area contributed by atoms with Crippen molar-refractivity contribution in [2.45, 2.75) is 20.8 Å². The lowest BCUT2D eigenvalue weighted by Crippen LogP contribution is -1.93. The highest BCUT2D eigenvalue weighted by Gasteiger charge is 1.93. The highest BCUT2D eigenvalue weighted by molar-refractivity contribution is 6.01. The van der Waals surface area contributed by atoms with E-state index in [1.807, 2.05) is 26.8 Å². The van der Waals surface area contributed by atoms with Crippen LogP contribution in [0.15, 0.2) is 41.6 Å². The van der Waals surface area contributed by atoms with Crippen molar-refractivity contribution in [3.63, 3.8) is 0 Å². The van der Waals surface area contributed by atoms with Gasteiger partial charge in [-0.3, -0.25) is 4.99 Å². The first-order valence-corrected chi connectivity index (χ1v) is 3.61. The third-order valence-corrected chi connectivity index (χ3v) is 1.31. The van der Waals surface area contributed by atoms with Crippen LogP contribution in [0, 0.1) is 0 Å². The van der Waals surface area contributed by atoms with Gasteiger partial charge in [0.2, 0.25) is 0 Å². The summed E-state index contributed by atoms with van der Waals surface area (Å²) in [5.41, 5.74) is 2.85. The molecule has 0 N–H and O–H groups in total. The standard InChI is InChI=1S/C10H15N/c1-6-10(7-2)9(5)11-8(3)4/h6-7H,1,3H2,2,4-5H3/b10-7-,11-9?. The average Bonchev–Trinajstić information content (AvgIpc) is 1.88. The summed E-state index contributed by atoms with van der Waals surface area (Å²) in [6.07, 6.45) is 3.77. The van der Waals surface area contributed by atoms with Gasteiger partial charge in [0, 0.05) is 11.4 Å². The Morgan fingerprint density at radius 1 is 1.36 bits per heavy atom. The van der Waals surface area contributed by atoms with Crippen LogP contribution in [-0.2, 0) is 0 Å². The zero-order valence-electron chi connectivity index (χ0n) is 7.52. The van der Waals surface area contributed by atoms with E-state index < -0.39 is 0 Å². The molecule has 1 nitrogen and oxygen atoms in total. The van der Waals surface area contributed by atoms with Crippen molar-refractivity contribution in [1.82, 2.24) is 0 Å². The van der Waals surface area contributed by atoms with Crippen LogP contribution < -0.4 is 0 Å². The van der Waals surface area contributed by atoms with E-state index in [9.17, 15) is 0 Å². The lowest BCUT2D eigenvalue weighted by Gasteiger charge is -1.99. The fourth-order valence-electron chi connectivity index (χ4n) is 0.825. The van der Waals surface area contributed by atoms with E-state index >= 15 is 0 Å². The first kappa shape index (κ1) is 9.89. The molecule has 0 aromatic rings. The Labute approximate surface area is 68.9 Å². The second-order valence-electron chi connectivity index (χ2n) is 2.38. The van der Waals surface area contributed by atoms with Gasteiger partial charge in [0.1, 0.15) is 0 Å². The number of nitrogens with zero attached hydrogens (tertiary/aromatic N) is 1. The molecule has 1 heteroatoms. The van der Waals surface area contributed by atoms with Gasteiger partial charge in [0.15, 0.2) is 0 Å². The zero-order valence-corrected chi connectivity index (χ0v) is 7.52. The Balaban J connectivity index is 4.58. The fraction of sp³-hybridized carbons (Fsp3) is 0.300. The van der Waals surface area contributed by atoms with Crippen molar-refractivity contribution in [2.24, 2.45) is 4.99 Å². The highest BCUT2D eigenvalue weighted by Crippen LogP contribution is 2.02. The van der Waals surface area contributed by atoms with Crippen molar-refractivity contribution < 1.29 is 0 Å². The van der Waals surface area contributed by atoms with Crippen molar-refractivity contribution in [3.8, 4) is 0 Å². The smallest absolute Gasteiger partial charge is 0.0444 e. The monoisotopic (exact) mass is 149 g/mol. The molecule has 0 fully saturated rings. The van der Waals surface area contributed by atoms with E-state index in [1.165, 1.54) is 0 Å². The van der Waals surface area contributed by atoms with Gasteiger partial charge in [-0.2, -0.15) is 0 Å². The van der Waals surface area contributed by atoms with Crippen molar-refractivity contribution in [1.29, 1.82) is 0 Å². The van der Waals surface area contributed by atoms with Crippen LogP contribution >= 0.6 is 0 Å². The minimum absolute atomic E-state index is 0.823. The maximum absolute atomic E-state index is 4.20. The molecule has 0 atom stereocenters. The van der Waals surface area contributed by atoms with E-state index in [2.05, 4.69) is 18.2 Å². The normalized spacial score (nSPS) is 13.0. The maximum Gasteiger partial charge on any atom is 0.0444 e. The molecule has 11 heavy (non-hydrogen) atoms. The summed E-state index contributed by atoms with van der Waals surface area (Å²) < 4.78 is 0. The minimum atomic E-state index is 0.823. The molecule has 0 bridgehead atoms. The molecular formula is C10H15N. The molecule has 0 aromatic carbocycles. The Morgan fingerprint density at radius 2 is 1.91 bits per heavy atom. The predicted molar refractivity (Wildman–Crippen MR) is 51.9 cm³/mol. The van der Waals surface area contributed by atoms with E-state index in [0.717, 1.165) is 17.0 Å². The van der Waals surface area contributed by atoms with Crippen LogP contribution in [0.25, 0.3) is 0 Å². The van der Waals surface area contributed by atoms with Gasteiger partial charge in [-0.1, -0.05) is 25.3 Å². The Hall–Kier alpha value is -1.11. The second kappa shape index (κ2) is 4.67. The zero-order chi connectivity index (χ0) is 8.85. The van der Waals surface area contributed by atoms with Crippen LogP contribution in [0.3, 0.4) is 0 Å². The molecule has 0 rings (SSSR count). The summed E-state index contributed by atoms with van der Waals surface area (Å²) in [5.74, 6) is 0. The molecular weight excluding hydrogens is 134 g/mol. The van der Waals surface area contributed by atoms with Gasteiger partial charge >= 0.3 is 0 Å². The Morgan fingerprint density at radius 3 is 2.18 bits per heavy atom. The number of allylic oxidation sites excluding steroid dienone is 4. The van der Waals surface area contributed by atoms with Gasteiger partial charge in [0.25, 0.3) is 0 Å². The predicted octanol–water partition coefficient (Wildman–Crippen LogP) is 3.11. The molecule has 0 saturated carbocycles. The molecule has 0 amide bonds. The van der Waals surface area contributed by atoms with Gasteiger partial charge in [0.05, 0.1) is 0 Å². The first-order chi connectivity index (χ1) is 5.11. The van der Waals surface area contributed by atoms with E-state index in [1.54, 1.807) is 6.08 Å². The van der Waals surface area contributed by atoms with E-state index in [0.29, 0.717) is 0 Å². The largest absolute Gasteiger partial charge is 0.258 e. The molecule has 0 unspecified atom stereocenters. The van der Waals surface area contributed by atoms with Crippen LogP contribution in [0.2, 0.25) is 0 Å². The second-order valence-corrected chi connectivity index (χ2v) is 2.38. The third kappa shape index (κ3) is 3.56. The lowest BCUT2D eigenvalue weighted by molar-refractivity contribution is 1.31. The lowest BCUT2D eigenvalue weighted by atomic mass is 10.1. The number of aliphatic imine (C=N–C) groups is 1. The molecule has 0 aliphatic rings. The number of hydrogen-bond acceptors (Lipinski definition) is 1. The summed E-state index contributed by atoms with van der Waals surface area (Å²) in [6.45, 7) is 13.2. The molecule has 0 aliphatic heterocycles. The molecule has 0 saturated heterocycles. The quantitative estimate of drug-likeness (QED) is 0.432. The van der Waals surface area contributed by atoms with Crippen molar-refractivity contribution in [3.05, 3.63) is 36.6 Å². The Kier molecular flexibility index (Phi) is 4.20. The van der Waals surface area contributed by atoms with E-state index in [-0.39, 0.29) is 0 Å². The topological polar surface area (TPSA) is 12.4 Å². The molecule has 0 aromatic heterocycles. The summed E-state index contributed by atoms with van der Waals surface area (Å²) in [6, 6.07) is 0. The average molecular weight is 149 g/mol. The van der Waals surface area contributed by atoms with Crippen molar-refractivity contribution >= 4 is 5.71 Å². The summed E-state index contributed by atoms with van der Waals surface area (Å²) >= 11 is 0. The molecule has 0 heterocycles. The van der Waals surface area contributed by atoms with Crippen LogP contribution in [0.4, 0.5) is 0 Å². The van der Waals surface area contributed by atoms with Crippen LogP contribution in [0.5, 0.6) is 0 Å². The molecule has 0 radical (unpaired) electrons. The summed E-state index contributed by atoms with van der Waals surface area (Å²) in [7, 11) is 0.